The van der Waals surface area contributed by atoms with Gasteiger partial charge >= 0.3 is 0 Å². The molecule has 0 atom stereocenters. The van der Waals surface area contributed by atoms with Crippen LogP contribution in [-0.4, -0.2) is 10.9 Å². The highest BCUT2D eigenvalue weighted by atomic mass is 16.1. The van der Waals surface area contributed by atoms with E-state index in [4.69, 9.17) is 0 Å². The first-order valence-electron chi connectivity index (χ1n) is 6.88. The maximum atomic E-state index is 11.1. The Kier molecular flexibility index (Phi) is 3.60. The molecule has 4 heteroatoms. The highest BCUT2D eigenvalue weighted by Gasteiger charge is 2.00. The molecule has 0 spiro atoms. The molecule has 3 aromatic rings. The minimum Gasteiger partial charge on any atom is -0.381 e. The lowest BCUT2D eigenvalue weighted by atomic mass is 10.1. The van der Waals surface area contributed by atoms with Gasteiger partial charge in [-0.05, 0) is 41.3 Å². The van der Waals surface area contributed by atoms with E-state index in [0.29, 0.717) is 0 Å². The van der Waals surface area contributed by atoms with Crippen LogP contribution in [0.2, 0.25) is 0 Å². The van der Waals surface area contributed by atoms with Crippen molar-refractivity contribution in [2.45, 2.75) is 13.5 Å². The molecule has 1 aromatic heterocycles. The average molecular weight is 279 g/mol. The first-order valence-corrected chi connectivity index (χ1v) is 6.88. The number of carbonyl (C=O) groups is 1. The van der Waals surface area contributed by atoms with Gasteiger partial charge in [0.1, 0.15) is 0 Å². The summed E-state index contributed by atoms with van der Waals surface area (Å²) in [6.07, 6.45) is 1.94. The molecule has 21 heavy (non-hydrogen) atoms. The molecule has 3 rings (SSSR count). The lowest BCUT2D eigenvalue weighted by Crippen LogP contribution is -2.06. The largest absolute Gasteiger partial charge is 0.381 e. The summed E-state index contributed by atoms with van der Waals surface area (Å²) in [6.45, 7) is 2.24. The standard InChI is InChI=1S/C17H17N3O/c1-12(21)20-16-4-2-3-15(10-16)19-11-13-5-6-14-7-8-18-17(14)9-13/h2-10,18-19H,11H2,1H3,(H,20,21). The SMILES string of the molecule is CC(=O)Nc1cccc(NCc2ccc3cc[nH]c3c2)c1. The van der Waals surface area contributed by atoms with Crippen molar-refractivity contribution in [3.63, 3.8) is 0 Å². The van der Waals surface area contributed by atoms with Gasteiger partial charge in [0.05, 0.1) is 0 Å². The van der Waals surface area contributed by atoms with E-state index in [1.54, 1.807) is 0 Å². The van der Waals surface area contributed by atoms with Crippen LogP contribution in [-0.2, 0) is 11.3 Å². The molecule has 0 radical (unpaired) electrons. The molecule has 4 nitrogen and oxygen atoms in total. The zero-order valence-corrected chi connectivity index (χ0v) is 11.8. The summed E-state index contributed by atoms with van der Waals surface area (Å²) in [5.41, 5.74) is 4.12. The molecule has 0 bridgehead atoms. The second-order valence-corrected chi connectivity index (χ2v) is 5.01. The van der Waals surface area contributed by atoms with Crippen molar-refractivity contribution in [3.8, 4) is 0 Å². The molecule has 0 unspecified atom stereocenters. The molecular formula is C17H17N3O. The third-order valence-electron chi connectivity index (χ3n) is 3.30. The number of carbonyl (C=O) groups excluding carboxylic acids is 1. The van der Waals surface area contributed by atoms with Crippen molar-refractivity contribution in [1.29, 1.82) is 0 Å². The van der Waals surface area contributed by atoms with Gasteiger partial charge in [-0.3, -0.25) is 4.79 Å². The van der Waals surface area contributed by atoms with Crippen molar-refractivity contribution in [2.24, 2.45) is 0 Å². The summed E-state index contributed by atoms with van der Waals surface area (Å²) in [4.78, 5) is 14.3. The number of aromatic nitrogens is 1. The summed E-state index contributed by atoms with van der Waals surface area (Å²) < 4.78 is 0. The molecule has 0 aliphatic carbocycles. The van der Waals surface area contributed by atoms with E-state index in [-0.39, 0.29) is 5.91 Å². The number of hydrogen-bond acceptors (Lipinski definition) is 2. The van der Waals surface area contributed by atoms with Crippen LogP contribution in [0.15, 0.2) is 54.7 Å². The fourth-order valence-corrected chi connectivity index (χ4v) is 2.32. The second-order valence-electron chi connectivity index (χ2n) is 5.01. The van der Waals surface area contributed by atoms with E-state index in [2.05, 4.69) is 39.9 Å². The molecule has 2 aromatic carbocycles. The normalized spacial score (nSPS) is 10.5. The Hall–Kier alpha value is -2.75. The number of nitrogens with one attached hydrogen (secondary N) is 3. The molecule has 0 aliphatic heterocycles. The Morgan fingerprint density at radius 1 is 1.10 bits per heavy atom. The Morgan fingerprint density at radius 2 is 1.95 bits per heavy atom. The van der Waals surface area contributed by atoms with E-state index in [9.17, 15) is 4.79 Å². The number of anilines is 2. The zero-order valence-electron chi connectivity index (χ0n) is 11.8. The smallest absolute Gasteiger partial charge is 0.221 e. The summed E-state index contributed by atoms with van der Waals surface area (Å²) in [6, 6.07) is 16.1. The van der Waals surface area contributed by atoms with Crippen molar-refractivity contribution < 1.29 is 4.79 Å². The Balaban J connectivity index is 1.70. The van der Waals surface area contributed by atoms with Crippen LogP contribution in [0.5, 0.6) is 0 Å². The number of aromatic amines is 1. The van der Waals surface area contributed by atoms with E-state index in [1.165, 1.54) is 17.9 Å². The Morgan fingerprint density at radius 3 is 2.81 bits per heavy atom. The number of H-pyrrole nitrogens is 1. The van der Waals surface area contributed by atoms with Crippen molar-refractivity contribution in [1.82, 2.24) is 4.98 Å². The average Bonchev–Trinajstić information content (AvgIpc) is 2.92. The van der Waals surface area contributed by atoms with Crippen LogP contribution in [0.4, 0.5) is 11.4 Å². The first-order chi connectivity index (χ1) is 10.2. The van der Waals surface area contributed by atoms with Gasteiger partial charge < -0.3 is 15.6 Å². The zero-order chi connectivity index (χ0) is 14.7. The minimum atomic E-state index is -0.0654. The summed E-state index contributed by atoms with van der Waals surface area (Å²) >= 11 is 0. The van der Waals surface area contributed by atoms with Gasteiger partial charge in [0.15, 0.2) is 0 Å². The van der Waals surface area contributed by atoms with Gasteiger partial charge in [-0.2, -0.15) is 0 Å². The first kappa shape index (κ1) is 13.2. The van der Waals surface area contributed by atoms with Crippen LogP contribution in [0.1, 0.15) is 12.5 Å². The van der Waals surface area contributed by atoms with Crippen LogP contribution >= 0.6 is 0 Å². The van der Waals surface area contributed by atoms with E-state index < -0.39 is 0 Å². The molecule has 1 heterocycles. The van der Waals surface area contributed by atoms with E-state index in [0.717, 1.165) is 23.4 Å². The number of amides is 1. The number of fused-ring (bicyclic) bond motifs is 1. The van der Waals surface area contributed by atoms with Gasteiger partial charge in [-0.25, -0.2) is 0 Å². The van der Waals surface area contributed by atoms with Crippen molar-refractivity contribution in [2.75, 3.05) is 10.6 Å². The molecule has 3 N–H and O–H groups in total. The maximum absolute atomic E-state index is 11.1. The highest BCUT2D eigenvalue weighted by Crippen LogP contribution is 2.18. The number of rotatable bonds is 4. The van der Waals surface area contributed by atoms with Gasteiger partial charge in [0.25, 0.3) is 0 Å². The van der Waals surface area contributed by atoms with Gasteiger partial charge in [0, 0.05) is 36.6 Å². The molecule has 0 fully saturated rings. The fourth-order valence-electron chi connectivity index (χ4n) is 2.32. The second kappa shape index (κ2) is 5.71. The summed E-state index contributed by atoms with van der Waals surface area (Å²) in [7, 11) is 0. The van der Waals surface area contributed by atoms with Crippen LogP contribution in [0.3, 0.4) is 0 Å². The lowest BCUT2D eigenvalue weighted by Gasteiger charge is -2.09. The third-order valence-corrected chi connectivity index (χ3v) is 3.30. The Bertz CT molecular complexity index is 776. The molecule has 0 aliphatic rings. The van der Waals surface area contributed by atoms with Crippen LogP contribution in [0, 0.1) is 0 Å². The topological polar surface area (TPSA) is 56.9 Å². The van der Waals surface area contributed by atoms with Crippen molar-refractivity contribution in [3.05, 3.63) is 60.3 Å². The quantitative estimate of drug-likeness (QED) is 0.681. The monoisotopic (exact) mass is 279 g/mol. The molecule has 0 saturated carbocycles. The maximum Gasteiger partial charge on any atom is 0.221 e. The minimum absolute atomic E-state index is 0.0654. The lowest BCUT2D eigenvalue weighted by molar-refractivity contribution is -0.114. The Labute approximate surface area is 123 Å². The summed E-state index contributed by atoms with van der Waals surface area (Å²) in [5, 5.41) is 7.36. The number of hydrogen-bond donors (Lipinski definition) is 3. The highest BCUT2D eigenvalue weighted by molar-refractivity contribution is 5.89. The van der Waals surface area contributed by atoms with Crippen LogP contribution in [0.25, 0.3) is 10.9 Å². The predicted octanol–water partition coefficient (Wildman–Crippen LogP) is 3.74. The molecular weight excluding hydrogens is 262 g/mol. The predicted molar refractivity (Wildman–Crippen MR) is 86.4 cm³/mol. The summed E-state index contributed by atoms with van der Waals surface area (Å²) in [5.74, 6) is -0.0654. The third kappa shape index (κ3) is 3.23. The van der Waals surface area contributed by atoms with E-state index >= 15 is 0 Å². The number of benzene rings is 2. The molecule has 0 saturated heterocycles. The van der Waals surface area contributed by atoms with E-state index in [1.807, 2.05) is 30.5 Å². The van der Waals surface area contributed by atoms with Gasteiger partial charge in [0.2, 0.25) is 5.91 Å². The fraction of sp³-hybridized carbons (Fsp3) is 0.118. The van der Waals surface area contributed by atoms with Gasteiger partial charge in [-0.15, -0.1) is 0 Å². The van der Waals surface area contributed by atoms with Crippen LogP contribution < -0.4 is 10.6 Å². The van der Waals surface area contributed by atoms with Crippen molar-refractivity contribution >= 4 is 28.2 Å². The molecule has 1 amide bonds. The molecule has 106 valence electrons. The van der Waals surface area contributed by atoms with Gasteiger partial charge in [-0.1, -0.05) is 18.2 Å².